The van der Waals surface area contributed by atoms with Gasteiger partial charge >= 0.3 is 0 Å². The molecule has 4 heteroatoms. The normalized spacial score (nSPS) is 11.2. The summed E-state index contributed by atoms with van der Waals surface area (Å²) in [6, 6.07) is 9.78. The zero-order chi connectivity index (χ0) is 16.6. The number of hydrogen-bond donors (Lipinski definition) is 1. The fourth-order valence-electron chi connectivity index (χ4n) is 2.68. The molecule has 0 radical (unpaired) electrons. The van der Waals surface area contributed by atoms with Gasteiger partial charge in [-0.1, -0.05) is 23.8 Å². The quantitative estimate of drug-likeness (QED) is 0.709. The van der Waals surface area contributed by atoms with Crippen LogP contribution in [0.25, 0.3) is 21.9 Å². The Kier molecular flexibility index (Phi) is 3.99. The average Bonchev–Trinajstić information content (AvgIpc) is 2.45. The van der Waals surface area contributed by atoms with Gasteiger partial charge < -0.3 is 5.32 Å². The fourth-order valence-corrected chi connectivity index (χ4v) is 2.68. The molecule has 0 saturated carbocycles. The van der Waals surface area contributed by atoms with Gasteiger partial charge in [-0.2, -0.15) is 0 Å². The minimum absolute atomic E-state index is 0.240. The van der Waals surface area contributed by atoms with Gasteiger partial charge in [0.15, 0.2) is 0 Å². The monoisotopic (exact) mass is 312 g/mol. The van der Waals surface area contributed by atoms with E-state index < -0.39 is 11.6 Å². The Balaban J connectivity index is 2.27. The molecule has 0 bridgehead atoms. The number of benzene rings is 2. The first-order valence-electron chi connectivity index (χ1n) is 7.56. The summed E-state index contributed by atoms with van der Waals surface area (Å²) in [6.07, 6.45) is 1.67. The van der Waals surface area contributed by atoms with Gasteiger partial charge in [0.05, 0.1) is 0 Å². The van der Waals surface area contributed by atoms with E-state index in [0.717, 1.165) is 33.8 Å². The third-order valence-corrected chi connectivity index (χ3v) is 3.64. The molecule has 23 heavy (non-hydrogen) atoms. The number of nitrogens with zero attached hydrogens (tertiary/aromatic N) is 1. The van der Waals surface area contributed by atoms with Crippen LogP contribution in [0, 0.1) is 18.6 Å². The van der Waals surface area contributed by atoms with Crippen molar-refractivity contribution in [3.05, 3.63) is 59.8 Å². The summed E-state index contributed by atoms with van der Waals surface area (Å²) in [4.78, 5) is 4.46. The summed E-state index contributed by atoms with van der Waals surface area (Å²) < 4.78 is 27.1. The van der Waals surface area contributed by atoms with Crippen LogP contribution in [-0.2, 0) is 0 Å². The number of anilines is 1. The maximum atomic E-state index is 13.6. The van der Waals surface area contributed by atoms with Crippen molar-refractivity contribution < 1.29 is 8.78 Å². The molecular formula is C19H18F2N2. The molecule has 0 fully saturated rings. The molecule has 0 atom stereocenters. The van der Waals surface area contributed by atoms with Crippen LogP contribution in [0.3, 0.4) is 0 Å². The van der Waals surface area contributed by atoms with Crippen LogP contribution >= 0.6 is 0 Å². The summed E-state index contributed by atoms with van der Waals surface area (Å²) >= 11 is 0. The lowest BCUT2D eigenvalue weighted by Crippen LogP contribution is -2.11. The molecule has 0 amide bonds. The van der Waals surface area contributed by atoms with Crippen molar-refractivity contribution in [1.29, 1.82) is 0 Å². The van der Waals surface area contributed by atoms with E-state index in [1.54, 1.807) is 6.20 Å². The highest BCUT2D eigenvalue weighted by molar-refractivity contribution is 6.02. The van der Waals surface area contributed by atoms with E-state index in [4.69, 9.17) is 0 Å². The van der Waals surface area contributed by atoms with Gasteiger partial charge in [0.1, 0.15) is 17.5 Å². The van der Waals surface area contributed by atoms with Gasteiger partial charge in [-0.3, -0.25) is 0 Å². The molecule has 1 aromatic heterocycles. The predicted octanol–water partition coefficient (Wildman–Crippen LogP) is 5.31. The van der Waals surface area contributed by atoms with Crippen molar-refractivity contribution >= 4 is 16.6 Å². The van der Waals surface area contributed by atoms with E-state index in [-0.39, 0.29) is 6.04 Å². The molecule has 0 aliphatic heterocycles. The minimum Gasteiger partial charge on any atom is -0.367 e. The Morgan fingerprint density at radius 3 is 2.30 bits per heavy atom. The molecule has 1 heterocycles. The molecule has 0 aliphatic rings. The highest BCUT2D eigenvalue weighted by Crippen LogP contribution is 2.33. The predicted molar refractivity (Wildman–Crippen MR) is 90.6 cm³/mol. The fraction of sp³-hybridized carbons (Fsp3) is 0.211. The molecule has 2 aromatic carbocycles. The van der Waals surface area contributed by atoms with Gasteiger partial charge in [0.25, 0.3) is 0 Å². The number of nitrogens with one attached hydrogen (secondary N) is 1. The first-order valence-corrected chi connectivity index (χ1v) is 7.56. The standard InChI is InChI=1S/C19H18F2N2/c1-11(2)23-19-16-5-4-12(3)6-17(16)18(10-22-19)13-7-14(20)9-15(21)8-13/h4-11H,1-3H3,(H,22,23). The Morgan fingerprint density at radius 2 is 1.65 bits per heavy atom. The van der Waals surface area contributed by atoms with E-state index in [0.29, 0.717) is 5.56 Å². The number of aryl methyl sites for hydroxylation is 1. The SMILES string of the molecule is Cc1ccc2c(NC(C)C)ncc(-c3cc(F)cc(F)c3)c2c1. The van der Waals surface area contributed by atoms with Gasteiger partial charge in [-0.25, -0.2) is 13.8 Å². The van der Waals surface area contributed by atoms with Gasteiger partial charge in [0, 0.05) is 29.3 Å². The van der Waals surface area contributed by atoms with Crippen molar-refractivity contribution in [3.8, 4) is 11.1 Å². The summed E-state index contributed by atoms with van der Waals surface area (Å²) in [5, 5.41) is 5.17. The number of hydrogen-bond acceptors (Lipinski definition) is 2. The molecule has 0 aliphatic carbocycles. The van der Waals surface area contributed by atoms with E-state index in [1.807, 2.05) is 39.0 Å². The Labute approximate surface area is 134 Å². The lowest BCUT2D eigenvalue weighted by atomic mass is 9.98. The number of rotatable bonds is 3. The minimum atomic E-state index is -0.592. The van der Waals surface area contributed by atoms with E-state index in [1.165, 1.54) is 12.1 Å². The van der Waals surface area contributed by atoms with Crippen LogP contribution in [0.5, 0.6) is 0 Å². The molecule has 1 N–H and O–H groups in total. The molecule has 0 spiro atoms. The van der Waals surface area contributed by atoms with Crippen LogP contribution in [0.1, 0.15) is 19.4 Å². The molecule has 3 aromatic rings. The van der Waals surface area contributed by atoms with Crippen molar-refractivity contribution in [1.82, 2.24) is 4.98 Å². The number of fused-ring (bicyclic) bond motifs is 1. The molecular weight excluding hydrogens is 294 g/mol. The molecule has 0 saturated heterocycles. The van der Waals surface area contributed by atoms with Crippen molar-refractivity contribution in [2.24, 2.45) is 0 Å². The van der Waals surface area contributed by atoms with Crippen molar-refractivity contribution in [3.63, 3.8) is 0 Å². The second kappa shape index (κ2) is 5.95. The average molecular weight is 312 g/mol. The van der Waals surface area contributed by atoms with Crippen LogP contribution in [0.2, 0.25) is 0 Å². The van der Waals surface area contributed by atoms with E-state index >= 15 is 0 Å². The third-order valence-electron chi connectivity index (χ3n) is 3.64. The second-order valence-corrected chi connectivity index (χ2v) is 6.03. The summed E-state index contributed by atoms with van der Waals surface area (Å²) in [6.45, 7) is 6.07. The number of halogens is 2. The Bertz CT molecular complexity index is 852. The summed E-state index contributed by atoms with van der Waals surface area (Å²) in [7, 11) is 0. The Morgan fingerprint density at radius 1 is 0.957 bits per heavy atom. The topological polar surface area (TPSA) is 24.9 Å². The molecule has 118 valence electrons. The third kappa shape index (κ3) is 3.16. The first kappa shape index (κ1) is 15.4. The smallest absolute Gasteiger partial charge is 0.134 e. The number of aromatic nitrogens is 1. The van der Waals surface area contributed by atoms with Gasteiger partial charge in [0.2, 0.25) is 0 Å². The van der Waals surface area contributed by atoms with Gasteiger partial charge in [-0.15, -0.1) is 0 Å². The first-order chi connectivity index (χ1) is 10.9. The van der Waals surface area contributed by atoms with Crippen molar-refractivity contribution in [2.45, 2.75) is 26.8 Å². The molecule has 3 rings (SSSR count). The van der Waals surface area contributed by atoms with Crippen molar-refractivity contribution in [2.75, 3.05) is 5.32 Å². The zero-order valence-corrected chi connectivity index (χ0v) is 13.3. The maximum absolute atomic E-state index is 13.6. The summed E-state index contributed by atoms with van der Waals surface area (Å²) in [5.41, 5.74) is 2.29. The highest BCUT2D eigenvalue weighted by atomic mass is 19.1. The molecule has 0 unspecified atom stereocenters. The maximum Gasteiger partial charge on any atom is 0.134 e. The lowest BCUT2D eigenvalue weighted by molar-refractivity contribution is 0.584. The lowest BCUT2D eigenvalue weighted by Gasteiger charge is -2.15. The Hall–Kier alpha value is -2.49. The van der Waals surface area contributed by atoms with Crippen LogP contribution in [0.4, 0.5) is 14.6 Å². The highest BCUT2D eigenvalue weighted by Gasteiger charge is 2.12. The zero-order valence-electron chi connectivity index (χ0n) is 13.3. The van der Waals surface area contributed by atoms with Crippen LogP contribution < -0.4 is 5.32 Å². The second-order valence-electron chi connectivity index (χ2n) is 6.03. The van der Waals surface area contributed by atoms with E-state index in [9.17, 15) is 8.78 Å². The van der Waals surface area contributed by atoms with Crippen LogP contribution in [0.15, 0.2) is 42.6 Å². The largest absolute Gasteiger partial charge is 0.367 e. The van der Waals surface area contributed by atoms with Crippen LogP contribution in [-0.4, -0.2) is 11.0 Å². The summed E-state index contributed by atoms with van der Waals surface area (Å²) in [5.74, 6) is -0.411. The molecule has 2 nitrogen and oxygen atoms in total. The van der Waals surface area contributed by atoms with E-state index in [2.05, 4.69) is 10.3 Å². The number of pyridine rings is 1. The van der Waals surface area contributed by atoms with Gasteiger partial charge in [-0.05, 0) is 43.9 Å².